The van der Waals surface area contributed by atoms with Gasteiger partial charge in [-0.1, -0.05) is 44.2 Å². The van der Waals surface area contributed by atoms with Crippen LogP contribution in [0, 0.1) is 11.8 Å². The van der Waals surface area contributed by atoms with E-state index in [-0.39, 0.29) is 25.0 Å². The molecule has 28 heavy (non-hydrogen) atoms. The molecule has 0 radical (unpaired) electrons. The lowest BCUT2D eigenvalue weighted by Gasteiger charge is -2.34. The molecule has 1 aliphatic rings. The third-order valence-corrected chi connectivity index (χ3v) is 4.98. The highest BCUT2D eigenvalue weighted by molar-refractivity contribution is 5.99. The van der Waals surface area contributed by atoms with Crippen LogP contribution in [0.2, 0.25) is 0 Å². The summed E-state index contributed by atoms with van der Waals surface area (Å²) in [5.74, 6) is -0.268. The minimum absolute atomic E-state index is 0.187. The number of rotatable bonds is 5. The molecule has 0 bridgehead atoms. The largest absolute Gasteiger partial charge is 0.454 e. The maximum Gasteiger partial charge on any atom is 0.325 e. The van der Waals surface area contributed by atoms with E-state index in [4.69, 9.17) is 4.74 Å². The summed E-state index contributed by atoms with van der Waals surface area (Å²) in [5, 5.41) is 4.53. The van der Waals surface area contributed by atoms with Crippen molar-refractivity contribution in [1.29, 1.82) is 0 Å². The van der Waals surface area contributed by atoms with Gasteiger partial charge < -0.3 is 15.0 Å². The van der Waals surface area contributed by atoms with Gasteiger partial charge >= 0.3 is 5.97 Å². The molecule has 0 aliphatic carbocycles. The number of carbonyl (C=O) groups is 3. The molecule has 1 fully saturated rings. The topological polar surface area (TPSA) is 75.7 Å². The van der Waals surface area contributed by atoms with Crippen LogP contribution in [0.4, 0.5) is 0 Å². The quantitative estimate of drug-likeness (QED) is 0.807. The molecule has 2 aromatic rings. The van der Waals surface area contributed by atoms with E-state index in [9.17, 15) is 14.4 Å². The number of piperidine rings is 1. The van der Waals surface area contributed by atoms with E-state index in [2.05, 4.69) is 19.2 Å². The van der Waals surface area contributed by atoms with Gasteiger partial charge in [-0.2, -0.15) is 0 Å². The van der Waals surface area contributed by atoms with Gasteiger partial charge in [0.1, 0.15) is 6.54 Å². The zero-order valence-corrected chi connectivity index (χ0v) is 16.3. The van der Waals surface area contributed by atoms with Gasteiger partial charge in [0, 0.05) is 18.7 Å². The summed E-state index contributed by atoms with van der Waals surface area (Å²) >= 11 is 0. The molecule has 0 aromatic heterocycles. The molecule has 0 unspecified atom stereocenters. The predicted octanol–water partition coefficient (Wildman–Crippen LogP) is 2.62. The Bertz CT molecular complexity index is 870. The van der Waals surface area contributed by atoms with E-state index < -0.39 is 5.97 Å². The molecule has 0 spiro atoms. The lowest BCUT2D eigenvalue weighted by molar-refractivity contribution is -0.152. The fraction of sp³-hybridized carbons (Fsp3) is 0.409. The number of hydrogen-bond acceptors (Lipinski definition) is 4. The molecule has 6 nitrogen and oxygen atoms in total. The molecule has 148 valence electrons. The molecule has 1 heterocycles. The van der Waals surface area contributed by atoms with Crippen molar-refractivity contribution in [1.82, 2.24) is 10.2 Å². The van der Waals surface area contributed by atoms with E-state index in [0.717, 1.165) is 17.2 Å². The standard InChI is InChI=1S/C22H26N2O4/c1-15-9-16(2)13-24(12-15)20(25)14-28-21(26)11-23-22(27)19-8-7-17-5-3-4-6-18(17)10-19/h3-8,10,15-16H,9,11-14H2,1-2H3,(H,23,27)/t15-,16-/m1/s1. The average Bonchev–Trinajstić information content (AvgIpc) is 2.69. The highest BCUT2D eigenvalue weighted by Crippen LogP contribution is 2.21. The van der Waals surface area contributed by atoms with Gasteiger partial charge in [-0.25, -0.2) is 0 Å². The molecule has 0 saturated carbocycles. The molecule has 3 rings (SSSR count). The Labute approximate surface area is 164 Å². The van der Waals surface area contributed by atoms with Crippen molar-refractivity contribution in [2.45, 2.75) is 20.3 Å². The third-order valence-electron chi connectivity index (χ3n) is 4.98. The van der Waals surface area contributed by atoms with Crippen molar-refractivity contribution in [3.63, 3.8) is 0 Å². The summed E-state index contributed by atoms with van der Waals surface area (Å²) < 4.78 is 5.04. The number of ether oxygens (including phenoxy) is 1. The van der Waals surface area contributed by atoms with Crippen LogP contribution in [-0.2, 0) is 14.3 Å². The molecule has 1 aliphatic heterocycles. The number of nitrogens with one attached hydrogen (secondary N) is 1. The lowest BCUT2D eigenvalue weighted by Crippen LogP contribution is -2.44. The van der Waals surface area contributed by atoms with Gasteiger partial charge in [-0.3, -0.25) is 14.4 Å². The second-order valence-corrected chi connectivity index (χ2v) is 7.65. The summed E-state index contributed by atoms with van der Waals surface area (Å²) in [6.07, 6.45) is 1.10. The third kappa shape index (κ3) is 5.09. The van der Waals surface area contributed by atoms with Crippen molar-refractivity contribution >= 4 is 28.6 Å². The van der Waals surface area contributed by atoms with Crippen LogP contribution in [0.15, 0.2) is 42.5 Å². The maximum absolute atomic E-state index is 12.3. The fourth-order valence-corrected chi connectivity index (χ4v) is 3.74. The second kappa shape index (κ2) is 8.87. The van der Waals surface area contributed by atoms with Crippen LogP contribution >= 0.6 is 0 Å². The number of esters is 1. The van der Waals surface area contributed by atoms with Gasteiger partial charge in [0.15, 0.2) is 6.61 Å². The Kier molecular flexibility index (Phi) is 6.29. The van der Waals surface area contributed by atoms with Crippen LogP contribution in [0.1, 0.15) is 30.6 Å². The van der Waals surface area contributed by atoms with Crippen molar-refractivity contribution in [2.75, 3.05) is 26.2 Å². The first-order chi connectivity index (χ1) is 13.4. The number of fused-ring (bicyclic) bond motifs is 1. The van der Waals surface area contributed by atoms with Crippen LogP contribution < -0.4 is 5.32 Å². The number of amides is 2. The SMILES string of the molecule is C[C@@H]1C[C@@H](C)CN(C(=O)COC(=O)CNC(=O)c2ccc3ccccc3c2)C1. The molecule has 2 aromatic carbocycles. The maximum atomic E-state index is 12.3. The molecule has 2 atom stereocenters. The fourth-order valence-electron chi connectivity index (χ4n) is 3.74. The average molecular weight is 382 g/mol. The lowest BCUT2D eigenvalue weighted by atomic mass is 9.92. The summed E-state index contributed by atoms with van der Waals surface area (Å²) in [6, 6.07) is 13.1. The van der Waals surface area contributed by atoms with Crippen LogP contribution in [-0.4, -0.2) is 48.9 Å². The van der Waals surface area contributed by atoms with Crippen molar-refractivity contribution in [3.05, 3.63) is 48.0 Å². The minimum Gasteiger partial charge on any atom is -0.454 e. The summed E-state index contributed by atoms with van der Waals surface area (Å²) in [5.41, 5.74) is 0.471. The number of nitrogens with zero attached hydrogens (tertiary/aromatic N) is 1. The first-order valence-corrected chi connectivity index (χ1v) is 9.62. The molecule has 1 N–H and O–H groups in total. The zero-order valence-electron chi connectivity index (χ0n) is 16.3. The van der Waals surface area contributed by atoms with E-state index in [1.807, 2.05) is 30.3 Å². The van der Waals surface area contributed by atoms with Gasteiger partial charge in [0.25, 0.3) is 11.8 Å². The Morgan fingerprint density at radius 2 is 1.71 bits per heavy atom. The first kappa shape index (κ1) is 19.9. The molecule has 2 amide bonds. The minimum atomic E-state index is -0.624. The van der Waals surface area contributed by atoms with Crippen molar-refractivity contribution in [2.24, 2.45) is 11.8 Å². The van der Waals surface area contributed by atoms with Gasteiger partial charge in [-0.15, -0.1) is 0 Å². The first-order valence-electron chi connectivity index (χ1n) is 9.62. The van der Waals surface area contributed by atoms with E-state index >= 15 is 0 Å². The Balaban J connectivity index is 1.45. The van der Waals surface area contributed by atoms with Gasteiger partial charge in [-0.05, 0) is 41.2 Å². The van der Waals surface area contributed by atoms with Gasteiger partial charge in [0.2, 0.25) is 0 Å². The zero-order chi connectivity index (χ0) is 20.1. The smallest absolute Gasteiger partial charge is 0.325 e. The molecular formula is C22H26N2O4. The Morgan fingerprint density at radius 3 is 2.43 bits per heavy atom. The highest BCUT2D eigenvalue weighted by atomic mass is 16.5. The van der Waals surface area contributed by atoms with Crippen molar-refractivity contribution < 1.29 is 19.1 Å². The number of carbonyl (C=O) groups excluding carboxylic acids is 3. The van der Waals surface area contributed by atoms with E-state index in [1.165, 1.54) is 0 Å². The van der Waals surface area contributed by atoms with Crippen molar-refractivity contribution in [3.8, 4) is 0 Å². The molecular weight excluding hydrogens is 356 g/mol. The Hall–Kier alpha value is -2.89. The predicted molar refractivity (Wildman–Crippen MR) is 107 cm³/mol. The normalized spacial score (nSPS) is 19.3. The molecule has 1 saturated heterocycles. The number of benzene rings is 2. The van der Waals surface area contributed by atoms with E-state index in [1.54, 1.807) is 17.0 Å². The Morgan fingerprint density at radius 1 is 1.04 bits per heavy atom. The number of hydrogen-bond donors (Lipinski definition) is 1. The molecule has 6 heteroatoms. The summed E-state index contributed by atoms with van der Waals surface area (Å²) in [4.78, 5) is 38.1. The van der Waals surface area contributed by atoms with Crippen LogP contribution in [0.25, 0.3) is 10.8 Å². The van der Waals surface area contributed by atoms with Crippen LogP contribution in [0.5, 0.6) is 0 Å². The summed E-state index contributed by atoms with van der Waals surface area (Å²) in [7, 11) is 0. The van der Waals surface area contributed by atoms with E-state index in [0.29, 0.717) is 30.5 Å². The highest BCUT2D eigenvalue weighted by Gasteiger charge is 2.25. The van der Waals surface area contributed by atoms with Crippen LogP contribution in [0.3, 0.4) is 0 Å². The second-order valence-electron chi connectivity index (χ2n) is 7.65. The monoisotopic (exact) mass is 382 g/mol. The summed E-state index contributed by atoms with van der Waals surface area (Å²) in [6.45, 7) is 5.06. The van der Waals surface area contributed by atoms with Gasteiger partial charge in [0.05, 0.1) is 0 Å². The number of likely N-dealkylation sites (tertiary alicyclic amines) is 1.